The van der Waals surface area contributed by atoms with Gasteiger partial charge < -0.3 is 28.9 Å². The van der Waals surface area contributed by atoms with E-state index in [1.807, 2.05) is 60.7 Å². The number of carbonyl (C=O) groups excluding carboxylic acids is 2. The van der Waals surface area contributed by atoms with Gasteiger partial charge in [0.25, 0.3) is 0 Å². The van der Waals surface area contributed by atoms with E-state index in [0.717, 1.165) is 99.3 Å². The number of ether oxygens (including phenoxy) is 4. The van der Waals surface area contributed by atoms with Crippen LogP contribution in [-0.2, 0) is 9.59 Å². The normalized spacial score (nSPS) is 24.1. The summed E-state index contributed by atoms with van der Waals surface area (Å²) in [6, 6.07) is 18.7. The van der Waals surface area contributed by atoms with E-state index in [1.54, 1.807) is 12.4 Å². The lowest BCUT2D eigenvalue weighted by molar-refractivity contribution is -0.131. The first-order chi connectivity index (χ1) is 27.5. The van der Waals surface area contributed by atoms with Gasteiger partial charge in [-0.3, -0.25) is 9.80 Å². The first kappa shape index (κ1) is 34.4. The van der Waals surface area contributed by atoms with Gasteiger partial charge in [0.2, 0.25) is 11.8 Å². The van der Waals surface area contributed by atoms with Gasteiger partial charge >= 0.3 is 11.9 Å². The summed E-state index contributed by atoms with van der Waals surface area (Å²) in [4.78, 5) is 37.2. The SMILES string of the molecule is O=C(/C=C/C(=O)Oc1c[nH]c2cccc(-c3ccc(OC4CN5CCC4CC5)nn3)c12)Oc1c[nH]c2cccc(-c3ccc(OC4CN5CCC4CC5)nn3)c12. The lowest BCUT2D eigenvalue weighted by Gasteiger charge is -2.44. The monoisotopic (exact) mass is 752 g/mol. The average Bonchev–Trinajstić information content (AvgIpc) is 3.85. The Morgan fingerprint density at radius 3 is 1.41 bits per heavy atom. The van der Waals surface area contributed by atoms with E-state index >= 15 is 0 Å². The third-order valence-electron chi connectivity index (χ3n) is 11.7. The van der Waals surface area contributed by atoms with E-state index in [9.17, 15) is 9.59 Å². The number of nitrogens with zero attached hydrogens (tertiary/aromatic N) is 6. The van der Waals surface area contributed by atoms with Crippen molar-refractivity contribution in [1.82, 2.24) is 40.2 Å². The van der Waals surface area contributed by atoms with E-state index in [0.29, 0.717) is 45.8 Å². The summed E-state index contributed by atoms with van der Waals surface area (Å²) in [5, 5.41) is 19.0. The van der Waals surface area contributed by atoms with Crippen LogP contribution < -0.4 is 18.9 Å². The molecule has 0 spiro atoms. The standard InChI is InChI=1S/C42H40N8O6/c51-39(55-33-21-43-31-5-1-3-27(41(31)33)29-7-9-37(47-45-29)53-35-23-49-17-13-25(35)14-18-49)11-12-40(52)56-34-22-44-32-6-2-4-28(42(32)34)30-8-10-38(48-46-30)54-36-24-50-19-15-26(36)16-20-50/h1-12,21-22,25-26,35-36,43-44H,13-20,23-24H2/b12-11+. The number of hydrogen-bond acceptors (Lipinski definition) is 12. The van der Waals surface area contributed by atoms with Gasteiger partial charge in [-0.15, -0.1) is 20.4 Å². The van der Waals surface area contributed by atoms with E-state index in [1.165, 1.54) is 0 Å². The highest BCUT2D eigenvalue weighted by atomic mass is 16.5. The Morgan fingerprint density at radius 2 is 1.04 bits per heavy atom. The summed E-state index contributed by atoms with van der Waals surface area (Å²) >= 11 is 0. The van der Waals surface area contributed by atoms with Gasteiger partial charge in [0.1, 0.15) is 12.2 Å². The van der Waals surface area contributed by atoms with Gasteiger partial charge in [0, 0.05) is 71.9 Å². The average molecular weight is 753 g/mol. The number of hydrogen-bond donors (Lipinski definition) is 2. The molecule has 4 aromatic heterocycles. The van der Waals surface area contributed by atoms with Crippen molar-refractivity contribution in [2.45, 2.75) is 37.9 Å². The molecule has 6 aromatic rings. The van der Waals surface area contributed by atoms with Crippen LogP contribution in [0.5, 0.6) is 23.3 Å². The van der Waals surface area contributed by atoms with Crippen molar-refractivity contribution in [3.8, 4) is 45.8 Å². The summed E-state index contributed by atoms with van der Waals surface area (Å²) in [5.74, 6) is 1.16. The number of nitrogens with one attached hydrogen (secondary N) is 2. The van der Waals surface area contributed by atoms with Gasteiger partial charge in [0.15, 0.2) is 11.5 Å². The number of aromatic nitrogens is 6. The maximum absolute atomic E-state index is 13.0. The summed E-state index contributed by atoms with van der Waals surface area (Å²) in [7, 11) is 0. The molecule has 0 aliphatic carbocycles. The first-order valence-electron chi connectivity index (χ1n) is 19.3. The van der Waals surface area contributed by atoms with Crippen molar-refractivity contribution in [3.63, 3.8) is 0 Å². The molecule has 284 valence electrons. The third kappa shape index (κ3) is 6.75. The number of piperidine rings is 6. The number of carbonyl (C=O) groups is 2. The molecule has 56 heavy (non-hydrogen) atoms. The van der Waals surface area contributed by atoms with Gasteiger partial charge in [-0.2, -0.15) is 0 Å². The number of rotatable bonds is 10. The fraction of sp³-hybridized carbons (Fsp3) is 0.333. The molecule has 14 nitrogen and oxygen atoms in total. The second kappa shape index (κ2) is 14.5. The van der Waals surface area contributed by atoms with Crippen LogP contribution in [0, 0.1) is 11.8 Å². The topological polar surface area (TPSA) is 161 Å². The second-order valence-corrected chi connectivity index (χ2v) is 15.0. The molecule has 14 heteroatoms. The van der Waals surface area contributed by atoms with E-state index in [4.69, 9.17) is 18.9 Å². The molecule has 6 fully saturated rings. The van der Waals surface area contributed by atoms with Crippen molar-refractivity contribution in [3.05, 3.63) is 85.2 Å². The Hall–Kier alpha value is -6.12. The highest BCUT2D eigenvalue weighted by molar-refractivity contribution is 6.03. The lowest BCUT2D eigenvalue weighted by atomic mass is 9.86. The molecule has 6 saturated heterocycles. The van der Waals surface area contributed by atoms with Crippen LogP contribution in [0.2, 0.25) is 0 Å². The minimum Gasteiger partial charge on any atom is -0.472 e. The maximum Gasteiger partial charge on any atom is 0.336 e. The minimum absolute atomic E-state index is 0.125. The van der Waals surface area contributed by atoms with Crippen LogP contribution in [-0.4, -0.2) is 104 Å². The Balaban J connectivity index is 0.805. The highest BCUT2D eigenvalue weighted by Gasteiger charge is 2.37. The molecule has 10 heterocycles. The van der Waals surface area contributed by atoms with Crippen LogP contribution in [0.3, 0.4) is 0 Å². The zero-order chi connectivity index (χ0) is 37.6. The largest absolute Gasteiger partial charge is 0.472 e. The van der Waals surface area contributed by atoms with E-state index < -0.39 is 11.9 Å². The fourth-order valence-electron chi connectivity index (χ4n) is 8.77. The molecule has 2 atom stereocenters. The zero-order valence-corrected chi connectivity index (χ0v) is 30.6. The Morgan fingerprint density at radius 1 is 0.589 bits per heavy atom. The third-order valence-corrected chi connectivity index (χ3v) is 11.7. The lowest BCUT2D eigenvalue weighted by Crippen LogP contribution is -2.52. The molecule has 2 N–H and O–H groups in total. The van der Waals surface area contributed by atoms with E-state index in [-0.39, 0.29) is 23.7 Å². The highest BCUT2D eigenvalue weighted by Crippen LogP contribution is 2.37. The van der Waals surface area contributed by atoms with Crippen molar-refractivity contribution in [2.24, 2.45) is 11.8 Å². The summed E-state index contributed by atoms with van der Waals surface area (Å²) in [6.07, 6.45) is 10.1. The molecule has 2 aromatic carbocycles. The molecule has 6 aliphatic rings. The van der Waals surface area contributed by atoms with Crippen LogP contribution in [0.25, 0.3) is 44.3 Å². The van der Waals surface area contributed by atoms with Crippen molar-refractivity contribution >= 4 is 33.7 Å². The van der Waals surface area contributed by atoms with Gasteiger partial charge in [-0.05, 0) is 88.0 Å². The Labute approximate surface area is 321 Å². The van der Waals surface area contributed by atoms with Crippen molar-refractivity contribution in [2.75, 3.05) is 39.3 Å². The predicted octanol–water partition coefficient (Wildman–Crippen LogP) is 5.58. The predicted molar refractivity (Wildman–Crippen MR) is 206 cm³/mol. The summed E-state index contributed by atoms with van der Waals surface area (Å²) < 4.78 is 23.9. The quantitative estimate of drug-likeness (QED) is 0.132. The summed E-state index contributed by atoms with van der Waals surface area (Å²) in [5.41, 5.74) is 4.16. The number of benzene rings is 2. The maximum atomic E-state index is 13.0. The zero-order valence-electron chi connectivity index (χ0n) is 30.6. The molecule has 0 saturated carbocycles. The molecular formula is C42H40N8O6. The molecule has 12 rings (SSSR count). The Bertz CT molecular complexity index is 2260. The van der Waals surface area contributed by atoms with Crippen LogP contribution >= 0.6 is 0 Å². The second-order valence-electron chi connectivity index (χ2n) is 15.0. The van der Waals surface area contributed by atoms with Crippen molar-refractivity contribution < 1.29 is 28.5 Å². The molecule has 0 radical (unpaired) electrons. The molecule has 0 amide bonds. The Kier molecular flexibility index (Phi) is 8.91. The number of aromatic amines is 2. The van der Waals surface area contributed by atoms with Crippen LogP contribution in [0.4, 0.5) is 0 Å². The number of esters is 2. The minimum atomic E-state index is -0.750. The fourth-order valence-corrected chi connectivity index (χ4v) is 8.77. The van der Waals surface area contributed by atoms with Gasteiger partial charge in [0.05, 0.1) is 22.2 Å². The summed E-state index contributed by atoms with van der Waals surface area (Å²) in [6.45, 7) is 6.38. The first-order valence-corrected chi connectivity index (χ1v) is 19.3. The smallest absolute Gasteiger partial charge is 0.336 e. The molecule has 2 unspecified atom stereocenters. The van der Waals surface area contributed by atoms with Gasteiger partial charge in [-0.25, -0.2) is 9.59 Å². The van der Waals surface area contributed by atoms with Gasteiger partial charge in [-0.1, -0.05) is 24.3 Å². The molecule has 4 bridgehead atoms. The molecule has 6 aliphatic heterocycles. The molecular weight excluding hydrogens is 713 g/mol. The van der Waals surface area contributed by atoms with Crippen LogP contribution in [0.1, 0.15) is 25.7 Å². The number of H-pyrrole nitrogens is 2. The van der Waals surface area contributed by atoms with E-state index in [2.05, 4.69) is 40.2 Å². The number of fused-ring (bicyclic) bond motifs is 8. The van der Waals surface area contributed by atoms with Crippen molar-refractivity contribution in [1.29, 1.82) is 0 Å². The van der Waals surface area contributed by atoms with Crippen LogP contribution in [0.15, 0.2) is 85.2 Å².